The van der Waals surface area contributed by atoms with Crippen molar-refractivity contribution in [1.29, 1.82) is 0 Å². The van der Waals surface area contributed by atoms with Crippen LogP contribution < -0.4 is 11.1 Å². The third kappa shape index (κ3) is 4.10. The van der Waals surface area contributed by atoms with Crippen LogP contribution in [0.15, 0.2) is 0 Å². The molecule has 0 spiro atoms. The summed E-state index contributed by atoms with van der Waals surface area (Å²) >= 11 is 0. The second kappa shape index (κ2) is 6.86. The van der Waals surface area contributed by atoms with Gasteiger partial charge in [-0.2, -0.15) is 0 Å². The van der Waals surface area contributed by atoms with Crippen molar-refractivity contribution in [2.45, 2.75) is 26.7 Å². The average molecular weight is 227 g/mol. The van der Waals surface area contributed by atoms with Gasteiger partial charge in [0.05, 0.1) is 0 Å². The van der Waals surface area contributed by atoms with Gasteiger partial charge in [-0.15, -0.1) is 0 Å². The molecule has 1 heterocycles. The molecule has 94 valence electrons. The highest BCUT2D eigenvalue weighted by atomic mass is 16.1. The molecular formula is C12H25N3O. The fourth-order valence-corrected chi connectivity index (χ4v) is 2.03. The van der Waals surface area contributed by atoms with Crippen molar-refractivity contribution in [2.24, 2.45) is 17.6 Å². The topological polar surface area (TPSA) is 58.4 Å². The van der Waals surface area contributed by atoms with E-state index in [1.807, 2.05) is 6.92 Å². The van der Waals surface area contributed by atoms with E-state index >= 15 is 0 Å². The van der Waals surface area contributed by atoms with Crippen molar-refractivity contribution in [3.05, 3.63) is 0 Å². The molecule has 0 saturated carbocycles. The highest BCUT2D eigenvalue weighted by molar-refractivity contribution is 5.78. The Bertz CT molecular complexity index is 212. The standard InChI is InChI=1S/C12H25N3O/c1-3-15-6-4-11(5-7-15)9-14-12(16)10(2)8-13/h10-11H,3-9,13H2,1-2H3,(H,14,16). The van der Waals surface area contributed by atoms with Gasteiger partial charge in [0.1, 0.15) is 0 Å². The molecule has 1 fully saturated rings. The zero-order valence-corrected chi connectivity index (χ0v) is 10.5. The highest BCUT2D eigenvalue weighted by Gasteiger charge is 2.19. The Hall–Kier alpha value is -0.610. The lowest BCUT2D eigenvalue weighted by Crippen LogP contribution is -2.40. The molecule has 0 aromatic rings. The van der Waals surface area contributed by atoms with E-state index < -0.39 is 0 Å². The Labute approximate surface area is 98.6 Å². The molecule has 1 atom stereocenters. The van der Waals surface area contributed by atoms with Gasteiger partial charge in [-0.25, -0.2) is 0 Å². The van der Waals surface area contributed by atoms with Crippen LogP contribution in [0.5, 0.6) is 0 Å². The molecule has 1 unspecified atom stereocenters. The van der Waals surface area contributed by atoms with Crippen molar-refractivity contribution in [3.63, 3.8) is 0 Å². The predicted molar refractivity (Wildman–Crippen MR) is 66.1 cm³/mol. The number of hydrogen-bond acceptors (Lipinski definition) is 3. The van der Waals surface area contributed by atoms with Gasteiger partial charge in [-0.05, 0) is 38.4 Å². The number of nitrogens with two attached hydrogens (primary N) is 1. The molecule has 1 saturated heterocycles. The van der Waals surface area contributed by atoms with Gasteiger partial charge in [0.15, 0.2) is 0 Å². The maximum atomic E-state index is 11.5. The molecule has 1 aliphatic heterocycles. The minimum absolute atomic E-state index is 0.0595. The maximum absolute atomic E-state index is 11.5. The number of carbonyl (C=O) groups is 1. The van der Waals surface area contributed by atoms with Crippen LogP contribution in [-0.2, 0) is 4.79 Å². The van der Waals surface area contributed by atoms with Crippen molar-refractivity contribution in [1.82, 2.24) is 10.2 Å². The van der Waals surface area contributed by atoms with Gasteiger partial charge in [-0.1, -0.05) is 13.8 Å². The Morgan fingerprint density at radius 1 is 1.50 bits per heavy atom. The summed E-state index contributed by atoms with van der Waals surface area (Å²) in [4.78, 5) is 14.0. The average Bonchev–Trinajstić information content (AvgIpc) is 2.35. The number of hydrogen-bond donors (Lipinski definition) is 2. The van der Waals surface area contributed by atoms with Crippen LogP contribution in [0, 0.1) is 11.8 Å². The van der Waals surface area contributed by atoms with E-state index in [4.69, 9.17) is 5.73 Å². The second-order valence-corrected chi connectivity index (χ2v) is 4.76. The zero-order chi connectivity index (χ0) is 12.0. The number of piperidine rings is 1. The molecule has 0 radical (unpaired) electrons. The summed E-state index contributed by atoms with van der Waals surface area (Å²) in [5.41, 5.74) is 5.45. The van der Waals surface area contributed by atoms with E-state index in [2.05, 4.69) is 17.1 Å². The zero-order valence-electron chi connectivity index (χ0n) is 10.5. The first-order chi connectivity index (χ1) is 7.67. The van der Waals surface area contributed by atoms with E-state index in [1.165, 1.54) is 25.9 Å². The number of likely N-dealkylation sites (tertiary alicyclic amines) is 1. The second-order valence-electron chi connectivity index (χ2n) is 4.76. The lowest BCUT2D eigenvalue weighted by Gasteiger charge is -2.31. The van der Waals surface area contributed by atoms with Gasteiger partial charge < -0.3 is 16.0 Å². The Morgan fingerprint density at radius 2 is 2.12 bits per heavy atom. The number of carbonyl (C=O) groups excluding carboxylic acids is 1. The minimum atomic E-state index is -0.0595. The fourth-order valence-electron chi connectivity index (χ4n) is 2.03. The number of rotatable bonds is 5. The smallest absolute Gasteiger partial charge is 0.224 e. The predicted octanol–water partition coefficient (Wildman–Crippen LogP) is 0.429. The van der Waals surface area contributed by atoms with E-state index in [-0.39, 0.29) is 11.8 Å². The lowest BCUT2D eigenvalue weighted by atomic mass is 9.96. The molecule has 4 heteroatoms. The SMILES string of the molecule is CCN1CCC(CNC(=O)C(C)CN)CC1. The van der Waals surface area contributed by atoms with Crippen molar-refractivity contribution in [2.75, 3.05) is 32.7 Å². The van der Waals surface area contributed by atoms with E-state index in [9.17, 15) is 4.79 Å². The van der Waals surface area contributed by atoms with Gasteiger partial charge in [0.2, 0.25) is 5.91 Å². The third-order valence-corrected chi connectivity index (χ3v) is 3.52. The quantitative estimate of drug-likeness (QED) is 0.716. The molecule has 16 heavy (non-hydrogen) atoms. The van der Waals surface area contributed by atoms with Crippen molar-refractivity contribution >= 4 is 5.91 Å². The van der Waals surface area contributed by atoms with E-state index in [0.717, 1.165) is 13.1 Å². The molecule has 1 aliphatic rings. The number of nitrogens with one attached hydrogen (secondary N) is 1. The first kappa shape index (κ1) is 13.5. The monoisotopic (exact) mass is 227 g/mol. The number of nitrogens with zero attached hydrogens (tertiary/aromatic N) is 1. The molecule has 1 amide bonds. The minimum Gasteiger partial charge on any atom is -0.356 e. The molecular weight excluding hydrogens is 202 g/mol. The normalized spacial score (nSPS) is 20.7. The maximum Gasteiger partial charge on any atom is 0.224 e. The van der Waals surface area contributed by atoms with Gasteiger partial charge in [0, 0.05) is 19.0 Å². The molecule has 0 aromatic heterocycles. The van der Waals surface area contributed by atoms with Crippen LogP contribution >= 0.6 is 0 Å². The largest absolute Gasteiger partial charge is 0.356 e. The Balaban J connectivity index is 2.17. The Morgan fingerprint density at radius 3 is 2.62 bits per heavy atom. The Kier molecular flexibility index (Phi) is 5.77. The summed E-state index contributed by atoms with van der Waals surface area (Å²) in [5, 5.41) is 3.00. The summed E-state index contributed by atoms with van der Waals surface area (Å²) in [6.07, 6.45) is 2.40. The molecule has 4 nitrogen and oxygen atoms in total. The fraction of sp³-hybridized carbons (Fsp3) is 0.917. The molecule has 0 aliphatic carbocycles. The lowest BCUT2D eigenvalue weighted by molar-refractivity contribution is -0.124. The van der Waals surface area contributed by atoms with Crippen LogP contribution in [-0.4, -0.2) is 43.5 Å². The van der Waals surface area contributed by atoms with E-state index in [1.54, 1.807) is 0 Å². The summed E-state index contributed by atoms with van der Waals surface area (Å²) in [5.74, 6) is 0.688. The van der Waals surface area contributed by atoms with Crippen LogP contribution in [0.1, 0.15) is 26.7 Å². The molecule has 3 N–H and O–H groups in total. The molecule has 0 bridgehead atoms. The molecule has 0 aromatic carbocycles. The van der Waals surface area contributed by atoms with Gasteiger partial charge in [-0.3, -0.25) is 4.79 Å². The summed E-state index contributed by atoms with van der Waals surface area (Å²) in [7, 11) is 0. The summed E-state index contributed by atoms with van der Waals surface area (Å²) < 4.78 is 0. The van der Waals surface area contributed by atoms with E-state index in [0.29, 0.717) is 12.5 Å². The van der Waals surface area contributed by atoms with Gasteiger partial charge >= 0.3 is 0 Å². The van der Waals surface area contributed by atoms with Gasteiger partial charge in [0.25, 0.3) is 0 Å². The van der Waals surface area contributed by atoms with Crippen molar-refractivity contribution in [3.8, 4) is 0 Å². The van der Waals surface area contributed by atoms with Crippen molar-refractivity contribution < 1.29 is 4.79 Å². The number of amides is 1. The highest BCUT2D eigenvalue weighted by Crippen LogP contribution is 2.15. The first-order valence-corrected chi connectivity index (χ1v) is 6.37. The first-order valence-electron chi connectivity index (χ1n) is 6.37. The van der Waals surface area contributed by atoms with Crippen LogP contribution in [0.25, 0.3) is 0 Å². The summed E-state index contributed by atoms with van der Waals surface area (Å²) in [6, 6.07) is 0. The van der Waals surface area contributed by atoms with Crippen LogP contribution in [0.4, 0.5) is 0 Å². The summed E-state index contributed by atoms with van der Waals surface area (Å²) in [6.45, 7) is 8.80. The third-order valence-electron chi connectivity index (χ3n) is 3.52. The molecule has 1 rings (SSSR count). The van der Waals surface area contributed by atoms with Crippen LogP contribution in [0.2, 0.25) is 0 Å². The van der Waals surface area contributed by atoms with Crippen LogP contribution in [0.3, 0.4) is 0 Å².